The Balaban J connectivity index is 1.98. The summed E-state index contributed by atoms with van der Waals surface area (Å²) in [5.74, 6) is -0.229. The molecule has 0 fully saturated rings. The number of fused-ring (bicyclic) bond motifs is 1. The normalized spacial score (nSPS) is 21.4. The van der Waals surface area contributed by atoms with Gasteiger partial charge >= 0.3 is 0 Å². The fourth-order valence-corrected chi connectivity index (χ4v) is 3.33. The highest BCUT2D eigenvalue weighted by molar-refractivity contribution is 9.10. The monoisotopic (exact) mass is 319 g/mol. The van der Waals surface area contributed by atoms with Gasteiger partial charge in [0.1, 0.15) is 5.82 Å². The van der Waals surface area contributed by atoms with E-state index >= 15 is 0 Å². The molecule has 1 aliphatic carbocycles. The lowest BCUT2D eigenvalue weighted by atomic mass is 9.86. The van der Waals surface area contributed by atoms with E-state index in [0.29, 0.717) is 10.9 Å². The summed E-state index contributed by atoms with van der Waals surface area (Å²) in [4.78, 5) is 0. The molecular formula is C16H15BrFN. The van der Waals surface area contributed by atoms with Crippen LogP contribution in [-0.2, 0) is 18.4 Å². The molecule has 1 aliphatic rings. The SMILES string of the molecule is NC1(Cc2cccc(F)c2Br)CCc2ccccc21. The Morgan fingerprint density at radius 2 is 1.95 bits per heavy atom. The highest BCUT2D eigenvalue weighted by atomic mass is 79.9. The predicted molar refractivity (Wildman–Crippen MR) is 78.4 cm³/mol. The van der Waals surface area contributed by atoms with E-state index < -0.39 is 0 Å². The van der Waals surface area contributed by atoms with Crippen LogP contribution in [0.1, 0.15) is 23.1 Å². The molecule has 2 N–H and O–H groups in total. The molecule has 0 saturated carbocycles. The van der Waals surface area contributed by atoms with Crippen LogP contribution in [0.3, 0.4) is 0 Å². The number of aryl methyl sites for hydroxylation is 1. The molecule has 2 aromatic carbocycles. The maximum absolute atomic E-state index is 13.6. The molecule has 2 aromatic rings. The Hall–Kier alpha value is -1.19. The van der Waals surface area contributed by atoms with Gasteiger partial charge in [0.2, 0.25) is 0 Å². The summed E-state index contributed by atoms with van der Waals surface area (Å²) in [5, 5.41) is 0. The zero-order chi connectivity index (χ0) is 13.5. The number of hydrogen-bond donors (Lipinski definition) is 1. The quantitative estimate of drug-likeness (QED) is 0.891. The standard InChI is InChI=1S/C16H15BrFN/c17-15-12(5-3-7-14(15)18)10-16(19)9-8-11-4-1-2-6-13(11)16/h1-7H,8-10,19H2. The molecule has 1 nitrogen and oxygen atoms in total. The fraction of sp³-hybridized carbons (Fsp3) is 0.250. The molecule has 0 radical (unpaired) electrons. The molecule has 0 spiro atoms. The van der Waals surface area contributed by atoms with Crippen molar-refractivity contribution in [2.45, 2.75) is 24.8 Å². The van der Waals surface area contributed by atoms with Crippen LogP contribution in [0.15, 0.2) is 46.9 Å². The molecular weight excluding hydrogens is 305 g/mol. The lowest BCUT2D eigenvalue weighted by Gasteiger charge is -2.26. The van der Waals surface area contributed by atoms with E-state index in [1.807, 2.05) is 18.2 Å². The Labute approximate surface area is 120 Å². The Morgan fingerprint density at radius 1 is 1.16 bits per heavy atom. The van der Waals surface area contributed by atoms with Gasteiger partial charge in [-0.2, -0.15) is 0 Å². The summed E-state index contributed by atoms with van der Waals surface area (Å²) < 4.78 is 14.1. The molecule has 3 heteroatoms. The lowest BCUT2D eigenvalue weighted by Crippen LogP contribution is -2.36. The third-order valence-corrected chi connectivity index (χ3v) is 4.82. The van der Waals surface area contributed by atoms with Crippen molar-refractivity contribution in [3.05, 3.63) is 69.4 Å². The number of hydrogen-bond acceptors (Lipinski definition) is 1. The van der Waals surface area contributed by atoms with Crippen LogP contribution < -0.4 is 5.73 Å². The number of rotatable bonds is 2. The molecule has 98 valence electrons. The van der Waals surface area contributed by atoms with Crippen molar-refractivity contribution in [1.29, 1.82) is 0 Å². The van der Waals surface area contributed by atoms with Crippen LogP contribution in [0.4, 0.5) is 4.39 Å². The Bertz CT molecular complexity index is 626. The van der Waals surface area contributed by atoms with Gasteiger partial charge in [0.25, 0.3) is 0 Å². The molecule has 19 heavy (non-hydrogen) atoms. The second kappa shape index (κ2) is 4.73. The van der Waals surface area contributed by atoms with Crippen LogP contribution >= 0.6 is 15.9 Å². The fourth-order valence-electron chi connectivity index (χ4n) is 2.92. The van der Waals surface area contributed by atoms with Gasteiger partial charge in [-0.3, -0.25) is 0 Å². The third-order valence-electron chi connectivity index (χ3n) is 3.93. The molecule has 0 heterocycles. The number of nitrogens with two attached hydrogens (primary N) is 1. The topological polar surface area (TPSA) is 26.0 Å². The second-order valence-corrected chi connectivity index (χ2v) is 6.00. The van der Waals surface area contributed by atoms with E-state index in [9.17, 15) is 4.39 Å². The Morgan fingerprint density at radius 3 is 2.79 bits per heavy atom. The first-order chi connectivity index (χ1) is 9.10. The molecule has 1 atom stereocenters. The van der Waals surface area contributed by atoms with E-state index in [4.69, 9.17) is 5.73 Å². The first kappa shape index (κ1) is 12.8. The molecule has 0 aromatic heterocycles. The lowest BCUT2D eigenvalue weighted by molar-refractivity contribution is 0.437. The maximum atomic E-state index is 13.6. The Kier molecular flexibility index (Phi) is 3.19. The smallest absolute Gasteiger partial charge is 0.137 e. The van der Waals surface area contributed by atoms with Crippen LogP contribution in [0.25, 0.3) is 0 Å². The summed E-state index contributed by atoms with van der Waals surface area (Å²) in [5.41, 5.74) is 9.64. The van der Waals surface area contributed by atoms with Gasteiger partial charge in [-0.25, -0.2) is 4.39 Å². The first-order valence-electron chi connectivity index (χ1n) is 6.40. The summed E-state index contributed by atoms with van der Waals surface area (Å²) >= 11 is 3.32. The number of benzene rings is 2. The minimum atomic E-state index is -0.382. The third kappa shape index (κ3) is 2.21. The van der Waals surface area contributed by atoms with Crippen molar-refractivity contribution in [3.63, 3.8) is 0 Å². The molecule has 0 bridgehead atoms. The van der Waals surface area contributed by atoms with E-state index in [1.165, 1.54) is 17.2 Å². The predicted octanol–water partition coefficient (Wildman–Crippen LogP) is 3.93. The van der Waals surface area contributed by atoms with Crippen LogP contribution in [0.5, 0.6) is 0 Å². The maximum Gasteiger partial charge on any atom is 0.137 e. The highest BCUT2D eigenvalue weighted by Crippen LogP contribution is 2.38. The molecule has 0 saturated heterocycles. The second-order valence-electron chi connectivity index (χ2n) is 5.20. The van der Waals surface area contributed by atoms with Gasteiger partial charge in [0, 0.05) is 5.54 Å². The minimum absolute atomic E-state index is 0.229. The van der Waals surface area contributed by atoms with Crippen LogP contribution in [0, 0.1) is 5.82 Å². The minimum Gasteiger partial charge on any atom is -0.321 e. The number of halogens is 2. The van der Waals surface area contributed by atoms with Crippen LogP contribution in [0.2, 0.25) is 0 Å². The summed E-state index contributed by atoms with van der Waals surface area (Å²) in [7, 11) is 0. The summed E-state index contributed by atoms with van der Waals surface area (Å²) in [6.45, 7) is 0. The van der Waals surface area contributed by atoms with E-state index in [2.05, 4.69) is 28.1 Å². The van der Waals surface area contributed by atoms with Gasteiger partial charge in [-0.05, 0) is 57.9 Å². The zero-order valence-corrected chi connectivity index (χ0v) is 12.1. The van der Waals surface area contributed by atoms with Crippen molar-refractivity contribution in [2.75, 3.05) is 0 Å². The van der Waals surface area contributed by atoms with E-state index in [-0.39, 0.29) is 11.4 Å². The van der Waals surface area contributed by atoms with Crippen molar-refractivity contribution in [1.82, 2.24) is 0 Å². The summed E-state index contributed by atoms with van der Waals surface area (Å²) in [6, 6.07) is 13.4. The molecule has 3 rings (SSSR count). The van der Waals surface area contributed by atoms with Crippen molar-refractivity contribution >= 4 is 15.9 Å². The van der Waals surface area contributed by atoms with Crippen molar-refractivity contribution in [3.8, 4) is 0 Å². The van der Waals surface area contributed by atoms with Crippen LogP contribution in [-0.4, -0.2) is 0 Å². The molecule has 1 unspecified atom stereocenters. The molecule has 0 aliphatic heterocycles. The van der Waals surface area contributed by atoms with Crippen molar-refractivity contribution in [2.24, 2.45) is 5.73 Å². The van der Waals surface area contributed by atoms with Gasteiger partial charge in [-0.15, -0.1) is 0 Å². The van der Waals surface area contributed by atoms with Gasteiger partial charge in [-0.1, -0.05) is 36.4 Å². The van der Waals surface area contributed by atoms with E-state index in [1.54, 1.807) is 6.07 Å². The van der Waals surface area contributed by atoms with Gasteiger partial charge in [0.05, 0.1) is 4.47 Å². The zero-order valence-electron chi connectivity index (χ0n) is 10.5. The molecule has 0 amide bonds. The highest BCUT2D eigenvalue weighted by Gasteiger charge is 2.35. The summed E-state index contributed by atoms with van der Waals surface area (Å²) in [6.07, 6.45) is 2.57. The van der Waals surface area contributed by atoms with Crippen molar-refractivity contribution < 1.29 is 4.39 Å². The largest absolute Gasteiger partial charge is 0.321 e. The van der Waals surface area contributed by atoms with E-state index in [0.717, 1.165) is 18.4 Å². The average molecular weight is 320 g/mol. The van der Waals surface area contributed by atoms with Gasteiger partial charge < -0.3 is 5.73 Å². The van der Waals surface area contributed by atoms with Gasteiger partial charge in [0.15, 0.2) is 0 Å². The average Bonchev–Trinajstić information content (AvgIpc) is 2.74. The first-order valence-corrected chi connectivity index (χ1v) is 7.20.